The average Bonchev–Trinajstić information content (AvgIpc) is 3.02. The number of hydrogen-bond donors (Lipinski definition) is 1. The first-order valence-electron chi connectivity index (χ1n) is 8.02. The van der Waals surface area contributed by atoms with Crippen molar-refractivity contribution in [1.29, 1.82) is 0 Å². The zero-order valence-corrected chi connectivity index (χ0v) is 17.6. The van der Waals surface area contributed by atoms with E-state index in [1.165, 1.54) is 17.0 Å². The average molecular weight is 475 g/mol. The zero-order valence-electron chi connectivity index (χ0n) is 14.4. The van der Waals surface area contributed by atoms with Gasteiger partial charge in [-0.05, 0) is 31.2 Å². The lowest BCUT2D eigenvalue weighted by Crippen LogP contribution is -2.52. The molecule has 1 aliphatic heterocycles. The number of aliphatic imine (C=N–C) groups is 1. The summed E-state index contributed by atoms with van der Waals surface area (Å²) in [6.07, 6.45) is 0. The van der Waals surface area contributed by atoms with Gasteiger partial charge in [0.15, 0.2) is 5.96 Å². The monoisotopic (exact) mass is 475 g/mol. The van der Waals surface area contributed by atoms with Crippen LogP contribution in [0.2, 0.25) is 0 Å². The second-order valence-electron chi connectivity index (χ2n) is 5.71. The Kier molecular flexibility index (Phi) is 7.42. The Morgan fingerprint density at radius 2 is 1.92 bits per heavy atom. The van der Waals surface area contributed by atoms with Crippen molar-refractivity contribution in [3.63, 3.8) is 0 Å². The SMILES string of the molecule is CN=C(NCc1scnc1C)N1CCN(c2ccc(F)cc2)CC1.I. The number of piperazine rings is 1. The smallest absolute Gasteiger partial charge is 0.194 e. The van der Waals surface area contributed by atoms with Crippen LogP contribution < -0.4 is 10.2 Å². The molecular weight excluding hydrogens is 452 g/mol. The van der Waals surface area contributed by atoms with Gasteiger partial charge in [0.1, 0.15) is 5.82 Å². The highest BCUT2D eigenvalue weighted by molar-refractivity contribution is 14.0. The highest BCUT2D eigenvalue weighted by Gasteiger charge is 2.20. The van der Waals surface area contributed by atoms with Crippen LogP contribution in [0.15, 0.2) is 34.8 Å². The van der Waals surface area contributed by atoms with Gasteiger partial charge in [-0.3, -0.25) is 4.99 Å². The largest absolute Gasteiger partial charge is 0.368 e. The minimum atomic E-state index is -0.194. The summed E-state index contributed by atoms with van der Waals surface area (Å²) in [5, 5.41) is 3.42. The minimum Gasteiger partial charge on any atom is -0.368 e. The van der Waals surface area contributed by atoms with E-state index in [1.807, 2.05) is 31.6 Å². The molecule has 1 N–H and O–H groups in total. The summed E-state index contributed by atoms with van der Waals surface area (Å²) < 4.78 is 13.0. The standard InChI is InChI=1S/C17H22FN5S.HI/c1-13-16(24-12-21-13)11-20-17(19-2)23-9-7-22(8-10-23)15-5-3-14(18)4-6-15;/h3-6,12H,7-11H2,1-2H3,(H,19,20);1H. The van der Waals surface area contributed by atoms with E-state index in [9.17, 15) is 4.39 Å². The van der Waals surface area contributed by atoms with Crippen LogP contribution in [0.1, 0.15) is 10.6 Å². The fraction of sp³-hybridized carbons (Fsp3) is 0.412. The summed E-state index contributed by atoms with van der Waals surface area (Å²) in [4.78, 5) is 14.4. The highest BCUT2D eigenvalue weighted by atomic mass is 127. The van der Waals surface area contributed by atoms with Gasteiger partial charge in [-0.1, -0.05) is 0 Å². The Bertz CT molecular complexity index is 695. The molecule has 1 aliphatic rings. The van der Waals surface area contributed by atoms with Crippen LogP contribution in [0.25, 0.3) is 0 Å². The maximum atomic E-state index is 13.0. The van der Waals surface area contributed by atoms with Crippen LogP contribution in [0.5, 0.6) is 0 Å². The maximum absolute atomic E-state index is 13.0. The molecule has 0 amide bonds. The van der Waals surface area contributed by atoms with Gasteiger partial charge in [-0.2, -0.15) is 0 Å². The maximum Gasteiger partial charge on any atom is 0.194 e. The number of rotatable bonds is 3. The number of halogens is 2. The molecule has 2 heterocycles. The van der Waals surface area contributed by atoms with E-state index in [0.717, 1.165) is 50.1 Å². The fourth-order valence-electron chi connectivity index (χ4n) is 2.82. The lowest BCUT2D eigenvalue weighted by Gasteiger charge is -2.37. The van der Waals surface area contributed by atoms with E-state index in [0.29, 0.717) is 0 Å². The van der Waals surface area contributed by atoms with Gasteiger partial charge in [-0.15, -0.1) is 35.3 Å². The molecule has 1 aromatic carbocycles. The molecule has 1 aromatic heterocycles. The van der Waals surface area contributed by atoms with Crippen LogP contribution in [0.3, 0.4) is 0 Å². The quantitative estimate of drug-likeness (QED) is 0.421. The van der Waals surface area contributed by atoms with Gasteiger partial charge in [0.2, 0.25) is 0 Å². The van der Waals surface area contributed by atoms with Crippen molar-refractivity contribution in [2.45, 2.75) is 13.5 Å². The van der Waals surface area contributed by atoms with Crippen molar-refractivity contribution in [3.05, 3.63) is 46.2 Å². The van der Waals surface area contributed by atoms with Crippen molar-refractivity contribution in [2.24, 2.45) is 4.99 Å². The predicted molar refractivity (Wildman–Crippen MR) is 113 cm³/mol. The number of aryl methyl sites for hydroxylation is 1. The first-order valence-corrected chi connectivity index (χ1v) is 8.90. The molecule has 0 unspecified atom stereocenters. The summed E-state index contributed by atoms with van der Waals surface area (Å²) in [6.45, 7) is 6.34. The van der Waals surface area contributed by atoms with Crippen molar-refractivity contribution < 1.29 is 4.39 Å². The lowest BCUT2D eigenvalue weighted by atomic mass is 10.2. The summed E-state index contributed by atoms with van der Waals surface area (Å²) in [6, 6.07) is 6.70. The second kappa shape index (κ2) is 9.33. The molecule has 0 spiro atoms. The Morgan fingerprint density at radius 1 is 1.24 bits per heavy atom. The minimum absolute atomic E-state index is 0. The van der Waals surface area contributed by atoms with Gasteiger partial charge in [-0.25, -0.2) is 9.37 Å². The van der Waals surface area contributed by atoms with E-state index in [-0.39, 0.29) is 29.8 Å². The number of thiazole rings is 1. The molecule has 1 saturated heterocycles. The first-order chi connectivity index (χ1) is 11.7. The molecule has 136 valence electrons. The Morgan fingerprint density at radius 3 is 2.48 bits per heavy atom. The molecular formula is C17H23FIN5S. The second-order valence-corrected chi connectivity index (χ2v) is 6.65. The van der Waals surface area contributed by atoms with Gasteiger partial charge >= 0.3 is 0 Å². The third-order valence-electron chi connectivity index (χ3n) is 4.23. The molecule has 3 rings (SSSR count). The fourth-order valence-corrected chi connectivity index (χ4v) is 3.53. The van der Waals surface area contributed by atoms with Gasteiger partial charge in [0.25, 0.3) is 0 Å². The van der Waals surface area contributed by atoms with E-state index in [1.54, 1.807) is 11.3 Å². The predicted octanol–water partition coefficient (Wildman–Crippen LogP) is 3.11. The number of anilines is 1. The molecule has 0 saturated carbocycles. The van der Waals surface area contributed by atoms with E-state index in [2.05, 4.69) is 25.1 Å². The molecule has 1 fully saturated rings. The van der Waals surface area contributed by atoms with Crippen LogP contribution in [-0.2, 0) is 6.54 Å². The summed E-state index contributed by atoms with van der Waals surface area (Å²) in [5.41, 5.74) is 4.01. The number of guanidine groups is 1. The number of nitrogens with one attached hydrogen (secondary N) is 1. The van der Waals surface area contributed by atoms with Gasteiger partial charge in [0.05, 0.1) is 17.7 Å². The number of hydrogen-bond acceptors (Lipinski definition) is 4. The summed E-state index contributed by atoms with van der Waals surface area (Å²) in [7, 11) is 1.81. The van der Waals surface area contributed by atoms with Crippen LogP contribution >= 0.6 is 35.3 Å². The zero-order chi connectivity index (χ0) is 16.9. The van der Waals surface area contributed by atoms with Crippen molar-refractivity contribution in [2.75, 3.05) is 38.1 Å². The molecule has 0 radical (unpaired) electrons. The van der Waals surface area contributed by atoms with Crippen molar-refractivity contribution in [3.8, 4) is 0 Å². The molecule has 0 atom stereocenters. The van der Waals surface area contributed by atoms with Crippen molar-refractivity contribution >= 4 is 47.0 Å². The highest BCUT2D eigenvalue weighted by Crippen LogP contribution is 2.17. The van der Waals surface area contributed by atoms with Crippen molar-refractivity contribution in [1.82, 2.24) is 15.2 Å². The topological polar surface area (TPSA) is 43.8 Å². The molecule has 0 aliphatic carbocycles. The van der Waals surface area contributed by atoms with Gasteiger partial charge < -0.3 is 15.1 Å². The molecule has 0 bridgehead atoms. The molecule has 25 heavy (non-hydrogen) atoms. The Balaban J connectivity index is 0.00000225. The van der Waals surface area contributed by atoms with Crippen LogP contribution in [0.4, 0.5) is 10.1 Å². The van der Waals surface area contributed by atoms with E-state index in [4.69, 9.17) is 0 Å². The molecule has 2 aromatic rings. The summed E-state index contributed by atoms with van der Waals surface area (Å²) >= 11 is 1.66. The van der Waals surface area contributed by atoms with E-state index >= 15 is 0 Å². The third kappa shape index (κ3) is 5.04. The van der Waals surface area contributed by atoms with E-state index < -0.39 is 0 Å². The molecule has 8 heteroatoms. The third-order valence-corrected chi connectivity index (χ3v) is 5.17. The first kappa shape index (κ1) is 19.9. The Hall–Kier alpha value is -1.42. The molecule has 5 nitrogen and oxygen atoms in total. The van der Waals surface area contributed by atoms with Crippen LogP contribution in [-0.4, -0.2) is 49.1 Å². The number of aromatic nitrogens is 1. The normalized spacial score (nSPS) is 15.1. The number of benzene rings is 1. The Labute approximate surface area is 169 Å². The lowest BCUT2D eigenvalue weighted by molar-refractivity contribution is 0.372. The number of nitrogens with zero attached hydrogens (tertiary/aromatic N) is 4. The summed E-state index contributed by atoms with van der Waals surface area (Å²) in [5.74, 6) is 0.724. The van der Waals surface area contributed by atoms with Gasteiger partial charge in [0, 0.05) is 43.8 Å². The van der Waals surface area contributed by atoms with Crippen LogP contribution in [0, 0.1) is 12.7 Å².